The zero-order chi connectivity index (χ0) is 15.5. The van der Waals surface area contributed by atoms with Crippen molar-refractivity contribution in [2.75, 3.05) is 6.61 Å². The first-order valence-electron chi connectivity index (χ1n) is 7.90. The van der Waals surface area contributed by atoms with Crippen LogP contribution in [0.4, 0.5) is 0 Å². The maximum absolute atomic E-state index is 10.2. The Hall–Kier alpha value is -0.800. The standard InChI is InChI=1S/C18H27BrO2/c1-3-5-6-7-8-9-10-17(20)15-11-12-18(16(19)14-15)21-13-4-2/h4,11-12,14,17,20H,2-3,5-10,13H2,1H3. The van der Waals surface area contributed by atoms with Gasteiger partial charge in [0.1, 0.15) is 12.4 Å². The minimum Gasteiger partial charge on any atom is -0.488 e. The van der Waals surface area contributed by atoms with E-state index in [1.54, 1.807) is 6.08 Å². The molecule has 1 atom stereocenters. The summed E-state index contributed by atoms with van der Waals surface area (Å²) in [5.41, 5.74) is 0.946. The van der Waals surface area contributed by atoms with Gasteiger partial charge >= 0.3 is 0 Å². The van der Waals surface area contributed by atoms with Crippen LogP contribution in [0.2, 0.25) is 0 Å². The second kappa shape index (κ2) is 10.9. The molecule has 0 spiro atoms. The van der Waals surface area contributed by atoms with Gasteiger partial charge in [-0.3, -0.25) is 0 Å². The number of ether oxygens (including phenoxy) is 1. The summed E-state index contributed by atoms with van der Waals surface area (Å²) in [7, 11) is 0. The summed E-state index contributed by atoms with van der Waals surface area (Å²) in [5.74, 6) is 0.783. The van der Waals surface area contributed by atoms with Crippen molar-refractivity contribution < 1.29 is 9.84 Å². The Labute approximate surface area is 137 Å². The van der Waals surface area contributed by atoms with E-state index in [1.165, 1.54) is 32.1 Å². The summed E-state index contributed by atoms with van der Waals surface area (Å²) in [4.78, 5) is 0. The third-order valence-corrected chi connectivity index (χ3v) is 4.15. The van der Waals surface area contributed by atoms with E-state index in [0.29, 0.717) is 6.61 Å². The molecule has 0 heterocycles. The predicted molar refractivity (Wildman–Crippen MR) is 92.8 cm³/mol. The first-order valence-corrected chi connectivity index (χ1v) is 8.69. The SMILES string of the molecule is C=CCOc1ccc(C(O)CCCCCCCC)cc1Br. The monoisotopic (exact) mass is 354 g/mol. The number of unbranched alkanes of at least 4 members (excludes halogenated alkanes) is 5. The Balaban J connectivity index is 2.38. The molecule has 0 radical (unpaired) electrons. The van der Waals surface area contributed by atoms with Crippen LogP contribution in [0.5, 0.6) is 5.75 Å². The maximum Gasteiger partial charge on any atom is 0.133 e. The number of hydrogen-bond donors (Lipinski definition) is 1. The summed E-state index contributed by atoms with van der Waals surface area (Å²) >= 11 is 3.49. The van der Waals surface area contributed by atoms with Gasteiger partial charge < -0.3 is 9.84 Å². The van der Waals surface area contributed by atoms with E-state index in [-0.39, 0.29) is 6.10 Å². The molecule has 1 aromatic carbocycles. The van der Waals surface area contributed by atoms with E-state index in [9.17, 15) is 5.11 Å². The molecule has 0 aromatic heterocycles. The molecule has 0 aliphatic carbocycles. The van der Waals surface area contributed by atoms with Crippen LogP contribution >= 0.6 is 15.9 Å². The molecular formula is C18H27BrO2. The topological polar surface area (TPSA) is 29.5 Å². The molecule has 2 nitrogen and oxygen atoms in total. The van der Waals surface area contributed by atoms with Crippen LogP contribution in [-0.4, -0.2) is 11.7 Å². The number of hydrogen-bond acceptors (Lipinski definition) is 2. The molecule has 0 saturated carbocycles. The van der Waals surface area contributed by atoms with Crippen LogP contribution < -0.4 is 4.74 Å². The van der Waals surface area contributed by atoms with E-state index in [2.05, 4.69) is 29.4 Å². The van der Waals surface area contributed by atoms with Crippen molar-refractivity contribution in [1.29, 1.82) is 0 Å². The minimum atomic E-state index is -0.388. The van der Waals surface area contributed by atoms with Gasteiger partial charge in [0.25, 0.3) is 0 Å². The molecule has 0 aliphatic rings. The Morgan fingerprint density at radius 2 is 1.95 bits per heavy atom. The molecule has 0 fully saturated rings. The third kappa shape index (κ3) is 7.14. The molecule has 118 valence electrons. The first kappa shape index (κ1) is 18.2. The smallest absolute Gasteiger partial charge is 0.133 e. The van der Waals surface area contributed by atoms with Gasteiger partial charge in [-0.2, -0.15) is 0 Å². The number of aliphatic hydroxyl groups is 1. The molecule has 0 aliphatic heterocycles. The normalized spacial score (nSPS) is 12.1. The lowest BCUT2D eigenvalue weighted by atomic mass is 10.0. The molecule has 1 N–H and O–H groups in total. The van der Waals surface area contributed by atoms with Crippen LogP contribution in [0, 0.1) is 0 Å². The van der Waals surface area contributed by atoms with E-state index in [4.69, 9.17) is 4.74 Å². The van der Waals surface area contributed by atoms with Gasteiger partial charge in [-0.05, 0) is 40.0 Å². The zero-order valence-electron chi connectivity index (χ0n) is 13.0. The highest BCUT2D eigenvalue weighted by Crippen LogP contribution is 2.30. The Kier molecular flexibility index (Phi) is 9.44. The van der Waals surface area contributed by atoms with E-state index in [1.807, 2.05) is 18.2 Å². The summed E-state index contributed by atoms with van der Waals surface area (Å²) in [6, 6.07) is 5.78. The highest BCUT2D eigenvalue weighted by atomic mass is 79.9. The average Bonchev–Trinajstić information content (AvgIpc) is 2.49. The van der Waals surface area contributed by atoms with Crippen molar-refractivity contribution in [1.82, 2.24) is 0 Å². The average molecular weight is 355 g/mol. The largest absolute Gasteiger partial charge is 0.488 e. The van der Waals surface area contributed by atoms with Crippen LogP contribution in [0.25, 0.3) is 0 Å². The summed E-state index contributed by atoms with van der Waals surface area (Å²) in [6.45, 7) is 6.34. The quantitative estimate of drug-likeness (QED) is 0.402. The predicted octanol–water partition coefficient (Wildman–Crippen LogP) is 5.80. The van der Waals surface area contributed by atoms with Gasteiger partial charge in [0, 0.05) is 0 Å². The highest BCUT2D eigenvalue weighted by Gasteiger charge is 2.10. The van der Waals surface area contributed by atoms with Gasteiger partial charge in [0.05, 0.1) is 10.6 Å². The molecule has 0 amide bonds. The van der Waals surface area contributed by atoms with Crippen molar-refractivity contribution in [2.45, 2.75) is 58.0 Å². The van der Waals surface area contributed by atoms with Crippen molar-refractivity contribution in [3.63, 3.8) is 0 Å². The van der Waals surface area contributed by atoms with E-state index in [0.717, 1.165) is 28.6 Å². The molecular weight excluding hydrogens is 328 g/mol. The number of rotatable bonds is 11. The lowest BCUT2D eigenvalue weighted by Crippen LogP contribution is -1.99. The van der Waals surface area contributed by atoms with Crippen LogP contribution in [-0.2, 0) is 0 Å². The van der Waals surface area contributed by atoms with Crippen molar-refractivity contribution in [3.05, 3.63) is 40.9 Å². The lowest BCUT2D eigenvalue weighted by molar-refractivity contribution is 0.163. The summed E-state index contributed by atoms with van der Waals surface area (Å²) < 4.78 is 6.39. The molecule has 1 aromatic rings. The molecule has 1 unspecified atom stereocenters. The third-order valence-electron chi connectivity index (χ3n) is 3.53. The van der Waals surface area contributed by atoms with Gasteiger partial charge in [-0.25, -0.2) is 0 Å². The number of benzene rings is 1. The van der Waals surface area contributed by atoms with E-state index < -0.39 is 0 Å². The van der Waals surface area contributed by atoms with E-state index >= 15 is 0 Å². The minimum absolute atomic E-state index is 0.388. The van der Waals surface area contributed by atoms with Gasteiger partial charge in [0.2, 0.25) is 0 Å². The Morgan fingerprint density at radius 1 is 1.24 bits per heavy atom. The fourth-order valence-corrected chi connectivity index (χ4v) is 2.79. The maximum atomic E-state index is 10.2. The van der Waals surface area contributed by atoms with Crippen LogP contribution in [0.15, 0.2) is 35.3 Å². The van der Waals surface area contributed by atoms with Crippen molar-refractivity contribution in [2.24, 2.45) is 0 Å². The number of halogens is 1. The van der Waals surface area contributed by atoms with Gasteiger partial charge in [-0.15, -0.1) is 0 Å². The molecule has 0 bridgehead atoms. The fraction of sp³-hybridized carbons (Fsp3) is 0.556. The Morgan fingerprint density at radius 3 is 2.62 bits per heavy atom. The highest BCUT2D eigenvalue weighted by molar-refractivity contribution is 9.10. The molecule has 3 heteroatoms. The summed E-state index contributed by atoms with van der Waals surface area (Å²) in [6.07, 6.45) is 9.63. The Bertz CT molecular complexity index is 418. The van der Waals surface area contributed by atoms with Crippen molar-refractivity contribution >= 4 is 15.9 Å². The van der Waals surface area contributed by atoms with Crippen LogP contribution in [0.3, 0.4) is 0 Å². The second-order valence-corrected chi connectivity index (χ2v) is 6.22. The first-order chi connectivity index (χ1) is 10.2. The second-order valence-electron chi connectivity index (χ2n) is 5.36. The number of aliphatic hydroxyl groups excluding tert-OH is 1. The van der Waals surface area contributed by atoms with Crippen LogP contribution in [0.1, 0.15) is 63.5 Å². The zero-order valence-corrected chi connectivity index (χ0v) is 14.6. The van der Waals surface area contributed by atoms with Gasteiger partial charge in [-0.1, -0.05) is 64.2 Å². The molecule has 0 saturated heterocycles. The lowest BCUT2D eigenvalue weighted by Gasteiger charge is -2.13. The molecule has 1 rings (SSSR count). The fourth-order valence-electron chi connectivity index (χ4n) is 2.27. The van der Waals surface area contributed by atoms with Gasteiger partial charge in [0.15, 0.2) is 0 Å². The molecule has 21 heavy (non-hydrogen) atoms. The summed E-state index contributed by atoms with van der Waals surface area (Å²) in [5, 5.41) is 10.2. The van der Waals surface area contributed by atoms with Crippen molar-refractivity contribution in [3.8, 4) is 5.75 Å².